The van der Waals surface area contributed by atoms with Crippen LogP contribution >= 0.6 is 23.1 Å². The molecule has 8 heteroatoms. The van der Waals surface area contributed by atoms with E-state index in [0.717, 1.165) is 34.5 Å². The number of aliphatic imine (C=N–C) groups is 1. The van der Waals surface area contributed by atoms with Gasteiger partial charge >= 0.3 is 0 Å². The number of halogens is 1. The molecule has 0 atom stereocenters. The molecule has 0 saturated heterocycles. The lowest BCUT2D eigenvalue weighted by Crippen LogP contribution is -2.23. The van der Waals surface area contributed by atoms with Crippen LogP contribution < -0.4 is 0 Å². The smallest absolute Gasteiger partial charge is 0.278 e. The van der Waals surface area contributed by atoms with Gasteiger partial charge < -0.3 is 9.42 Å². The number of carbonyl (C=O) groups excluding carboxylic acids is 1. The Morgan fingerprint density at radius 1 is 1.30 bits per heavy atom. The minimum atomic E-state index is -0.248. The Bertz CT molecular complexity index is 966. The van der Waals surface area contributed by atoms with E-state index in [-0.39, 0.29) is 12.5 Å². The second-order valence-electron chi connectivity index (χ2n) is 6.19. The monoisotopic (exact) mass is 400 g/mol. The maximum absolute atomic E-state index is 12.2. The number of hydrogen-bond donors (Lipinski definition) is 0. The van der Waals surface area contributed by atoms with Crippen molar-refractivity contribution in [3.8, 4) is 11.3 Å². The molecule has 0 N–H and O–H groups in total. The molecule has 0 unspecified atom stereocenters. The lowest BCUT2D eigenvalue weighted by Gasteiger charge is -2.13. The molecular formula is C19H17ClN4O2S. The highest BCUT2D eigenvalue weighted by Gasteiger charge is 2.18. The van der Waals surface area contributed by atoms with Gasteiger partial charge in [0.1, 0.15) is 11.5 Å². The lowest BCUT2D eigenvalue weighted by molar-refractivity contribution is 0.0860. The molecule has 0 radical (unpaired) electrons. The number of aromatic nitrogens is 1. The summed E-state index contributed by atoms with van der Waals surface area (Å²) in [4.78, 5) is 19.5. The Labute approximate surface area is 165 Å². The van der Waals surface area contributed by atoms with E-state index in [4.69, 9.17) is 16.3 Å². The second-order valence-corrected chi connectivity index (χ2v) is 7.55. The van der Waals surface area contributed by atoms with Crippen molar-refractivity contribution in [2.45, 2.75) is 6.54 Å². The molecular weight excluding hydrogens is 384 g/mol. The van der Waals surface area contributed by atoms with Gasteiger partial charge in [0.2, 0.25) is 0 Å². The summed E-state index contributed by atoms with van der Waals surface area (Å²) in [5, 5.41) is 5.86. The van der Waals surface area contributed by atoms with Crippen LogP contribution in [-0.2, 0) is 6.54 Å². The number of amides is 1. The molecule has 1 aliphatic rings. The highest BCUT2D eigenvalue weighted by atomic mass is 35.5. The molecule has 2 aromatic heterocycles. The number of rotatable bonds is 5. The highest BCUT2D eigenvalue weighted by Crippen LogP contribution is 2.23. The molecule has 6 nitrogen and oxygen atoms in total. The minimum Gasteiger partial charge on any atom is -0.358 e. The van der Waals surface area contributed by atoms with Crippen LogP contribution in [0.15, 0.2) is 57.4 Å². The van der Waals surface area contributed by atoms with E-state index >= 15 is 0 Å². The fourth-order valence-electron chi connectivity index (χ4n) is 2.88. The fraction of sp³-hybridized carbons (Fsp3) is 0.211. The van der Waals surface area contributed by atoms with Crippen molar-refractivity contribution in [1.29, 1.82) is 0 Å². The SMILES string of the molecule is CN1CCN=C1c1ccc(-c2cc(CN(Cl)C(=O)c3cccs3)no2)cc1. The highest BCUT2D eigenvalue weighted by molar-refractivity contribution is 7.12. The van der Waals surface area contributed by atoms with Crippen LogP contribution in [0.3, 0.4) is 0 Å². The third-order valence-corrected chi connectivity index (χ3v) is 5.43. The van der Waals surface area contributed by atoms with Crippen molar-refractivity contribution < 1.29 is 9.32 Å². The lowest BCUT2D eigenvalue weighted by atomic mass is 10.1. The molecule has 1 aromatic carbocycles. The Hall–Kier alpha value is -2.64. The zero-order chi connectivity index (χ0) is 18.8. The average Bonchev–Trinajstić information content (AvgIpc) is 3.43. The molecule has 27 heavy (non-hydrogen) atoms. The van der Waals surface area contributed by atoms with Gasteiger partial charge in [0.25, 0.3) is 5.91 Å². The minimum absolute atomic E-state index is 0.168. The fourth-order valence-corrected chi connectivity index (χ4v) is 3.82. The summed E-state index contributed by atoms with van der Waals surface area (Å²) in [6, 6.07) is 13.3. The van der Waals surface area contributed by atoms with Crippen LogP contribution in [0.5, 0.6) is 0 Å². The van der Waals surface area contributed by atoms with E-state index in [1.54, 1.807) is 12.1 Å². The molecule has 0 spiro atoms. The molecule has 1 amide bonds. The van der Waals surface area contributed by atoms with Crippen molar-refractivity contribution in [2.75, 3.05) is 20.1 Å². The maximum Gasteiger partial charge on any atom is 0.278 e. The van der Waals surface area contributed by atoms with Gasteiger partial charge in [-0.3, -0.25) is 9.79 Å². The standard InChI is InChI=1S/C19H17ClN4O2S/c1-23-9-8-21-18(23)14-6-4-13(5-7-14)16-11-15(22-26-16)12-24(20)19(25)17-3-2-10-27-17/h2-7,10-11H,8-9,12H2,1H3. The summed E-state index contributed by atoms with van der Waals surface area (Å²) in [7, 11) is 2.04. The Kier molecular flexibility index (Phi) is 4.96. The number of carbonyl (C=O) groups is 1. The predicted octanol–water partition coefficient (Wildman–Crippen LogP) is 3.89. The van der Waals surface area contributed by atoms with Crippen molar-refractivity contribution in [1.82, 2.24) is 14.5 Å². The average molecular weight is 401 g/mol. The molecule has 0 saturated carbocycles. The number of nitrogens with zero attached hydrogens (tertiary/aromatic N) is 4. The largest absolute Gasteiger partial charge is 0.358 e. The number of thiophene rings is 1. The number of benzene rings is 1. The van der Waals surface area contributed by atoms with Gasteiger partial charge in [0.15, 0.2) is 5.76 Å². The predicted molar refractivity (Wildman–Crippen MR) is 106 cm³/mol. The molecule has 0 fully saturated rings. The molecule has 0 aliphatic carbocycles. The van der Waals surface area contributed by atoms with Crippen molar-refractivity contribution in [3.63, 3.8) is 0 Å². The van der Waals surface area contributed by atoms with Crippen LogP contribution in [-0.4, -0.2) is 46.4 Å². The van der Waals surface area contributed by atoms with Gasteiger partial charge in [-0.2, -0.15) is 0 Å². The van der Waals surface area contributed by atoms with Gasteiger partial charge in [0.05, 0.1) is 18.0 Å². The third kappa shape index (κ3) is 3.74. The first-order chi connectivity index (χ1) is 13.1. The normalized spacial score (nSPS) is 13.7. The number of amidine groups is 1. The first-order valence-corrected chi connectivity index (χ1v) is 9.67. The topological polar surface area (TPSA) is 61.9 Å². The third-order valence-electron chi connectivity index (χ3n) is 4.30. The van der Waals surface area contributed by atoms with E-state index in [1.807, 2.05) is 42.8 Å². The van der Waals surface area contributed by atoms with E-state index in [1.165, 1.54) is 11.3 Å². The molecule has 0 bridgehead atoms. The Morgan fingerprint density at radius 3 is 2.74 bits per heavy atom. The molecule has 3 aromatic rings. The Balaban J connectivity index is 1.45. The van der Waals surface area contributed by atoms with E-state index < -0.39 is 0 Å². The van der Waals surface area contributed by atoms with Crippen LogP contribution in [0.25, 0.3) is 11.3 Å². The summed E-state index contributed by atoms with van der Waals surface area (Å²) < 4.78 is 6.54. The number of hydrogen-bond acceptors (Lipinski definition) is 6. The summed E-state index contributed by atoms with van der Waals surface area (Å²) in [6.07, 6.45) is 0. The molecule has 138 valence electrons. The number of likely N-dealkylation sites (N-methyl/N-ethyl adjacent to an activating group) is 1. The van der Waals surface area contributed by atoms with Crippen LogP contribution in [0.2, 0.25) is 0 Å². The second kappa shape index (κ2) is 7.54. The molecule has 3 heterocycles. The van der Waals surface area contributed by atoms with Crippen molar-refractivity contribution in [3.05, 3.63) is 64.0 Å². The summed E-state index contributed by atoms with van der Waals surface area (Å²) in [5.74, 6) is 1.39. The summed E-state index contributed by atoms with van der Waals surface area (Å²) >= 11 is 7.46. The van der Waals surface area contributed by atoms with Gasteiger partial charge in [-0.15, -0.1) is 11.3 Å². The van der Waals surface area contributed by atoms with Gasteiger partial charge in [-0.1, -0.05) is 35.5 Å². The molecule has 4 rings (SSSR count). The van der Waals surface area contributed by atoms with E-state index in [9.17, 15) is 4.79 Å². The van der Waals surface area contributed by atoms with E-state index in [0.29, 0.717) is 16.3 Å². The van der Waals surface area contributed by atoms with Crippen molar-refractivity contribution in [2.24, 2.45) is 4.99 Å². The summed E-state index contributed by atoms with van der Waals surface area (Å²) in [5.41, 5.74) is 2.57. The van der Waals surface area contributed by atoms with E-state index in [2.05, 4.69) is 15.0 Å². The zero-order valence-electron chi connectivity index (χ0n) is 14.6. The van der Waals surface area contributed by atoms with Gasteiger partial charge in [-0.25, -0.2) is 4.42 Å². The van der Waals surface area contributed by atoms with Crippen LogP contribution in [0.1, 0.15) is 20.9 Å². The summed E-state index contributed by atoms with van der Waals surface area (Å²) in [6.45, 7) is 1.95. The maximum atomic E-state index is 12.2. The first kappa shape index (κ1) is 17.8. The Morgan fingerprint density at radius 2 is 2.07 bits per heavy atom. The molecule has 1 aliphatic heterocycles. The van der Waals surface area contributed by atoms with Crippen LogP contribution in [0.4, 0.5) is 0 Å². The van der Waals surface area contributed by atoms with Gasteiger partial charge in [0, 0.05) is 42.6 Å². The quantitative estimate of drug-likeness (QED) is 0.609. The first-order valence-electron chi connectivity index (χ1n) is 8.45. The van der Waals surface area contributed by atoms with Crippen molar-refractivity contribution >= 4 is 34.9 Å². The van der Waals surface area contributed by atoms with Crippen LogP contribution in [0, 0.1) is 0 Å². The van der Waals surface area contributed by atoms with Gasteiger partial charge in [-0.05, 0) is 11.4 Å². The zero-order valence-corrected chi connectivity index (χ0v) is 16.2.